The van der Waals surface area contributed by atoms with Crippen LogP contribution in [0.3, 0.4) is 0 Å². The number of hydrogen-bond acceptors (Lipinski definition) is 9. The van der Waals surface area contributed by atoms with Gasteiger partial charge in [-0.25, -0.2) is 19.6 Å². The maximum Gasteiger partial charge on any atom is 0.408 e. The van der Waals surface area contributed by atoms with E-state index < -0.39 is 42.3 Å². The number of benzene rings is 2. The van der Waals surface area contributed by atoms with Crippen LogP contribution in [0.1, 0.15) is 42.7 Å². The summed E-state index contributed by atoms with van der Waals surface area (Å²) in [7, 11) is 0. The molecule has 4 rings (SSSR count). The molecule has 0 fully saturated rings. The number of carbonyl (C=O) groups is 3. The number of ether oxygens (including phenoxy) is 2. The van der Waals surface area contributed by atoms with Gasteiger partial charge in [0.15, 0.2) is 0 Å². The Bertz CT molecular complexity index is 1550. The van der Waals surface area contributed by atoms with Crippen molar-refractivity contribution in [1.82, 2.24) is 30.9 Å². The number of hydrogen-bond donors (Lipinski definition) is 4. The van der Waals surface area contributed by atoms with Gasteiger partial charge in [-0.15, -0.1) is 0 Å². The second-order valence-corrected chi connectivity index (χ2v) is 11.7. The summed E-state index contributed by atoms with van der Waals surface area (Å²) in [6, 6.07) is 22.0. The molecule has 0 radical (unpaired) electrons. The Morgan fingerprint density at radius 1 is 0.729 bits per heavy atom. The quantitative estimate of drug-likeness (QED) is 0.139. The van der Waals surface area contributed by atoms with Gasteiger partial charge in [0.05, 0.1) is 17.8 Å². The lowest BCUT2D eigenvalue weighted by molar-refractivity contribution is -0.125. The van der Waals surface area contributed by atoms with E-state index in [-0.39, 0.29) is 25.6 Å². The molecule has 4 atom stereocenters. The molecule has 2 heterocycles. The Hall–Kier alpha value is -5.36. The molecule has 0 saturated carbocycles. The van der Waals surface area contributed by atoms with Crippen LogP contribution in [0.15, 0.2) is 104 Å². The van der Waals surface area contributed by atoms with Crippen molar-refractivity contribution in [2.45, 2.75) is 70.6 Å². The van der Waals surface area contributed by atoms with Crippen molar-refractivity contribution in [3.05, 3.63) is 126 Å². The van der Waals surface area contributed by atoms with Crippen LogP contribution in [0.25, 0.3) is 0 Å². The van der Waals surface area contributed by atoms with Gasteiger partial charge in [-0.2, -0.15) is 0 Å². The van der Waals surface area contributed by atoms with E-state index in [1.165, 1.54) is 6.33 Å². The molecular formula is C36H42N6O6. The average molecular weight is 655 g/mol. The van der Waals surface area contributed by atoms with Crippen molar-refractivity contribution in [2.75, 3.05) is 0 Å². The Balaban J connectivity index is 1.46. The molecule has 48 heavy (non-hydrogen) atoms. The standard InChI is InChI=1S/C36H42N6O6/c1-25(2)33(42-36(46)48-23-29-15-9-10-16-39-29)34(44)41-31(18-27-13-7-4-8-14-27)32(43)19-30(17-26-11-5-3-6-12-26)40-35(45)47-22-28-20-37-24-38-21-28/h3-16,20-21,24-25,30-33,43H,17-19,22-23H2,1-2H3,(H,40,45)(H,41,44)(H,42,46)/t30-,31-,32-,33?/m0/s1. The fourth-order valence-electron chi connectivity index (χ4n) is 5.06. The number of nitrogens with zero attached hydrogens (tertiary/aromatic N) is 3. The molecule has 0 saturated heterocycles. The Kier molecular flexibility index (Phi) is 13.8. The summed E-state index contributed by atoms with van der Waals surface area (Å²) in [5.41, 5.74) is 3.04. The minimum absolute atomic E-state index is 0.0200. The van der Waals surface area contributed by atoms with Gasteiger partial charge in [0, 0.05) is 30.2 Å². The summed E-state index contributed by atoms with van der Waals surface area (Å²) in [5, 5.41) is 20.2. The van der Waals surface area contributed by atoms with Gasteiger partial charge in [-0.05, 0) is 48.4 Å². The van der Waals surface area contributed by atoms with Gasteiger partial charge < -0.3 is 30.5 Å². The van der Waals surface area contributed by atoms with Crippen LogP contribution in [0.4, 0.5) is 9.59 Å². The highest BCUT2D eigenvalue weighted by Crippen LogP contribution is 2.15. The van der Waals surface area contributed by atoms with Gasteiger partial charge in [-0.3, -0.25) is 9.78 Å². The monoisotopic (exact) mass is 654 g/mol. The first-order valence-corrected chi connectivity index (χ1v) is 15.8. The molecule has 4 N–H and O–H groups in total. The number of amides is 3. The second kappa shape index (κ2) is 18.7. The summed E-state index contributed by atoms with van der Waals surface area (Å²) in [5.74, 6) is -0.768. The van der Waals surface area contributed by atoms with E-state index in [4.69, 9.17) is 9.47 Å². The lowest BCUT2D eigenvalue weighted by Crippen LogP contribution is -2.56. The number of pyridine rings is 1. The van der Waals surface area contributed by atoms with E-state index in [0.29, 0.717) is 24.1 Å². The number of rotatable bonds is 16. The highest BCUT2D eigenvalue weighted by atomic mass is 16.6. The fourth-order valence-corrected chi connectivity index (χ4v) is 5.06. The normalized spacial score (nSPS) is 13.4. The molecular weight excluding hydrogens is 612 g/mol. The van der Waals surface area contributed by atoms with Crippen molar-refractivity contribution in [3.63, 3.8) is 0 Å². The molecule has 0 spiro atoms. The first-order chi connectivity index (χ1) is 23.3. The van der Waals surface area contributed by atoms with Crippen LogP contribution in [0, 0.1) is 5.92 Å². The molecule has 12 nitrogen and oxygen atoms in total. The third-order valence-corrected chi connectivity index (χ3v) is 7.55. The molecule has 2 aromatic heterocycles. The van der Waals surface area contributed by atoms with E-state index >= 15 is 0 Å². The minimum atomic E-state index is -1.09. The van der Waals surface area contributed by atoms with E-state index in [0.717, 1.165) is 11.1 Å². The van der Waals surface area contributed by atoms with Crippen LogP contribution in [0.2, 0.25) is 0 Å². The third kappa shape index (κ3) is 12.1. The summed E-state index contributed by atoms with van der Waals surface area (Å²) < 4.78 is 10.7. The zero-order chi connectivity index (χ0) is 34.1. The number of aliphatic hydroxyl groups is 1. The van der Waals surface area contributed by atoms with Crippen molar-refractivity contribution >= 4 is 18.1 Å². The number of aromatic nitrogens is 3. The van der Waals surface area contributed by atoms with E-state index in [2.05, 4.69) is 30.9 Å². The topological polar surface area (TPSA) is 165 Å². The lowest BCUT2D eigenvalue weighted by Gasteiger charge is -2.30. The molecule has 0 bridgehead atoms. The molecule has 252 valence electrons. The lowest BCUT2D eigenvalue weighted by atomic mass is 9.93. The van der Waals surface area contributed by atoms with Crippen LogP contribution >= 0.6 is 0 Å². The number of nitrogens with one attached hydrogen (secondary N) is 3. The summed E-state index contributed by atoms with van der Waals surface area (Å²) in [6.07, 6.45) is 4.40. The molecule has 4 aromatic rings. The van der Waals surface area contributed by atoms with Crippen molar-refractivity contribution < 1.29 is 29.0 Å². The predicted octanol–water partition coefficient (Wildman–Crippen LogP) is 4.14. The molecule has 2 aromatic carbocycles. The SMILES string of the molecule is CC(C)C(NC(=O)OCc1ccccn1)C(=O)N[C@@H](Cc1ccccc1)[C@@H](O)C[C@H](Cc1ccccc1)NC(=O)OCc1cncnc1. The van der Waals surface area contributed by atoms with Gasteiger partial charge in [0.25, 0.3) is 0 Å². The molecule has 0 aliphatic carbocycles. The Morgan fingerprint density at radius 3 is 1.96 bits per heavy atom. The van der Waals surface area contributed by atoms with Crippen molar-refractivity contribution in [1.29, 1.82) is 0 Å². The Morgan fingerprint density at radius 2 is 1.33 bits per heavy atom. The number of alkyl carbamates (subject to hydrolysis) is 2. The highest BCUT2D eigenvalue weighted by Gasteiger charge is 2.31. The van der Waals surface area contributed by atoms with E-state index in [1.807, 2.05) is 60.7 Å². The molecule has 1 unspecified atom stereocenters. The highest BCUT2D eigenvalue weighted by molar-refractivity contribution is 5.86. The fraction of sp³-hybridized carbons (Fsp3) is 0.333. The predicted molar refractivity (Wildman–Crippen MR) is 178 cm³/mol. The smallest absolute Gasteiger partial charge is 0.408 e. The van der Waals surface area contributed by atoms with Crippen molar-refractivity contribution in [3.8, 4) is 0 Å². The molecule has 3 amide bonds. The van der Waals surface area contributed by atoms with Crippen LogP contribution in [-0.2, 0) is 40.3 Å². The van der Waals surface area contributed by atoms with Crippen LogP contribution in [0.5, 0.6) is 0 Å². The minimum Gasteiger partial charge on any atom is -0.445 e. The summed E-state index contributed by atoms with van der Waals surface area (Å²) >= 11 is 0. The summed E-state index contributed by atoms with van der Waals surface area (Å²) in [4.78, 5) is 51.2. The average Bonchev–Trinajstić information content (AvgIpc) is 3.10. The first-order valence-electron chi connectivity index (χ1n) is 15.8. The molecule has 0 aliphatic heterocycles. The number of aliphatic hydroxyl groups excluding tert-OH is 1. The van der Waals surface area contributed by atoms with E-state index in [9.17, 15) is 19.5 Å². The third-order valence-electron chi connectivity index (χ3n) is 7.55. The largest absolute Gasteiger partial charge is 0.445 e. The molecule has 0 aliphatic rings. The maximum absolute atomic E-state index is 13.7. The van der Waals surface area contributed by atoms with Crippen LogP contribution in [-0.4, -0.2) is 62.4 Å². The van der Waals surface area contributed by atoms with Gasteiger partial charge in [0.2, 0.25) is 5.91 Å². The zero-order valence-electron chi connectivity index (χ0n) is 27.1. The van der Waals surface area contributed by atoms with E-state index in [1.54, 1.807) is 50.6 Å². The second-order valence-electron chi connectivity index (χ2n) is 11.7. The van der Waals surface area contributed by atoms with Gasteiger partial charge in [0.1, 0.15) is 25.6 Å². The van der Waals surface area contributed by atoms with Gasteiger partial charge in [-0.1, -0.05) is 80.6 Å². The zero-order valence-corrected chi connectivity index (χ0v) is 27.1. The van der Waals surface area contributed by atoms with Gasteiger partial charge >= 0.3 is 12.2 Å². The maximum atomic E-state index is 13.7. The molecule has 12 heteroatoms. The number of carbonyl (C=O) groups excluding carboxylic acids is 3. The first kappa shape index (κ1) is 35.5. The van der Waals surface area contributed by atoms with Crippen LogP contribution < -0.4 is 16.0 Å². The summed E-state index contributed by atoms with van der Waals surface area (Å²) in [6.45, 7) is 3.54. The Labute approximate surface area is 280 Å². The van der Waals surface area contributed by atoms with Crippen molar-refractivity contribution in [2.24, 2.45) is 5.92 Å².